The van der Waals surface area contributed by atoms with Crippen molar-refractivity contribution in [3.8, 4) is 0 Å². The summed E-state index contributed by atoms with van der Waals surface area (Å²) in [6.45, 7) is 3.40. The van der Waals surface area contributed by atoms with Crippen molar-refractivity contribution in [2.45, 2.75) is 13.3 Å². The van der Waals surface area contributed by atoms with Gasteiger partial charge >= 0.3 is 0 Å². The number of carbonyl (C=O) groups excluding carboxylic acids is 2. The number of amides is 2. The molecule has 2 amide bonds. The zero-order valence-corrected chi connectivity index (χ0v) is 14.1. The maximum Gasteiger partial charge on any atom is 0.227 e. The van der Waals surface area contributed by atoms with Crippen molar-refractivity contribution in [1.29, 1.82) is 0 Å². The molecule has 2 N–H and O–H groups in total. The van der Waals surface area contributed by atoms with Gasteiger partial charge in [0, 0.05) is 44.1 Å². The fourth-order valence-corrected chi connectivity index (χ4v) is 2.75. The van der Waals surface area contributed by atoms with E-state index in [1.54, 1.807) is 23.4 Å². The van der Waals surface area contributed by atoms with Crippen LogP contribution in [0.25, 0.3) is 0 Å². The lowest BCUT2D eigenvalue weighted by Crippen LogP contribution is -2.35. The normalized spacial score (nSPS) is 16.8. The fraction of sp³-hybridized carbons (Fsp3) is 0.333. The Morgan fingerprint density at radius 1 is 1.20 bits per heavy atom. The Labute approximate surface area is 146 Å². The number of aryl methyl sites for hydroxylation is 1. The molecule has 1 atom stereocenters. The van der Waals surface area contributed by atoms with Crippen LogP contribution in [-0.4, -0.2) is 41.4 Å². The molecule has 1 aromatic carbocycles. The molecule has 7 heteroatoms. The molecule has 0 bridgehead atoms. The molecule has 1 fully saturated rings. The van der Waals surface area contributed by atoms with Crippen LogP contribution in [0.2, 0.25) is 0 Å². The first-order valence-corrected chi connectivity index (χ1v) is 8.29. The van der Waals surface area contributed by atoms with E-state index in [4.69, 9.17) is 0 Å². The van der Waals surface area contributed by atoms with Gasteiger partial charge < -0.3 is 15.5 Å². The lowest BCUT2D eigenvalue weighted by atomic mass is 10.1. The molecule has 0 saturated carbocycles. The van der Waals surface area contributed by atoms with E-state index in [1.165, 1.54) is 0 Å². The molecule has 0 spiro atoms. The predicted molar refractivity (Wildman–Crippen MR) is 95.2 cm³/mol. The quantitative estimate of drug-likeness (QED) is 0.776. The van der Waals surface area contributed by atoms with Gasteiger partial charge in [0.1, 0.15) is 0 Å². The molecule has 1 aliphatic rings. The van der Waals surface area contributed by atoms with Crippen LogP contribution in [0.5, 0.6) is 0 Å². The standard InChI is InChI=1S/C18H21N5O2/c1-13-3-5-15(6-4-13)23-12-14(11-16(23)24)17(25)19-9-10-22-18-20-7-2-8-21-18/h2-8,14H,9-12H2,1H3,(H,19,25)(H,20,21,22)/t14-/m1/s1. The van der Waals surface area contributed by atoms with E-state index in [0.717, 1.165) is 11.3 Å². The molecule has 0 radical (unpaired) electrons. The summed E-state index contributed by atoms with van der Waals surface area (Å²) in [5.41, 5.74) is 1.98. The number of nitrogens with one attached hydrogen (secondary N) is 2. The van der Waals surface area contributed by atoms with Crippen LogP contribution in [0.3, 0.4) is 0 Å². The SMILES string of the molecule is Cc1ccc(N2C[C@H](C(=O)NCCNc3ncccn3)CC2=O)cc1. The summed E-state index contributed by atoms with van der Waals surface area (Å²) in [5, 5.41) is 5.89. The number of hydrogen-bond donors (Lipinski definition) is 2. The van der Waals surface area contributed by atoms with Crippen molar-refractivity contribution < 1.29 is 9.59 Å². The summed E-state index contributed by atoms with van der Waals surface area (Å²) in [4.78, 5) is 34.3. The van der Waals surface area contributed by atoms with Crippen LogP contribution in [-0.2, 0) is 9.59 Å². The Morgan fingerprint density at radius 3 is 2.64 bits per heavy atom. The van der Waals surface area contributed by atoms with Gasteiger partial charge in [0.05, 0.1) is 5.92 Å². The Hall–Kier alpha value is -2.96. The van der Waals surface area contributed by atoms with Gasteiger partial charge in [-0.1, -0.05) is 17.7 Å². The summed E-state index contributed by atoms with van der Waals surface area (Å²) in [5.74, 6) is 0.0960. The van der Waals surface area contributed by atoms with E-state index in [0.29, 0.717) is 25.6 Å². The second-order valence-corrected chi connectivity index (χ2v) is 6.03. The van der Waals surface area contributed by atoms with E-state index >= 15 is 0 Å². The average Bonchev–Trinajstić information content (AvgIpc) is 3.02. The first-order chi connectivity index (χ1) is 12.1. The number of anilines is 2. The predicted octanol–water partition coefficient (Wildman–Crippen LogP) is 1.37. The van der Waals surface area contributed by atoms with Gasteiger partial charge in [0.15, 0.2) is 0 Å². The number of carbonyl (C=O) groups is 2. The highest BCUT2D eigenvalue weighted by molar-refractivity contribution is 6.00. The van der Waals surface area contributed by atoms with Crippen LogP contribution in [0.15, 0.2) is 42.7 Å². The summed E-state index contributed by atoms with van der Waals surface area (Å²) < 4.78 is 0. The fourth-order valence-electron chi connectivity index (χ4n) is 2.75. The maximum absolute atomic E-state index is 12.3. The second-order valence-electron chi connectivity index (χ2n) is 6.03. The number of nitrogens with zero attached hydrogens (tertiary/aromatic N) is 3. The number of aromatic nitrogens is 2. The number of hydrogen-bond acceptors (Lipinski definition) is 5. The molecular formula is C18H21N5O2. The van der Waals surface area contributed by atoms with Crippen LogP contribution in [0, 0.1) is 12.8 Å². The minimum absolute atomic E-state index is 0.0141. The molecule has 7 nitrogen and oxygen atoms in total. The molecule has 0 unspecified atom stereocenters. The molecule has 1 aromatic heterocycles. The minimum Gasteiger partial charge on any atom is -0.354 e. The van der Waals surface area contributed by atoms with Crippen LogP contribution < -0.4 is 15.5 Å². The summed E-state index contributed by atoms with van der Waals surface area (Å²) in [6.07, 6.45) is 3.55. The molecule has 2 heterocycles. The lowest BCUT2D eigenvalue weighted by molar-refractivity contribution is -0.126. The maximum atomic E-state index is 12.3. The van der Waals surface area contributed by atoms with Gasteiger partial charge in [0.2, 0.25) is 17.8 Å². The topological polar surface area (TPSA) is 87.2 Å². The molecule has 130 valence electrons. The molecule has 3 rings (SSSR count). The Balaban J connectivity index is 1.46. The van der Waals surface area contributed by atoms with Gasteiger partial charge in [-0.15, -0.1) is 0 Å². The minimum atomic E-state index is -0.318. The highest BCUT2D eigenvalue weighted by atomic mass is 16.2. The van der Waals surface area contributed by atoms with Gasteiger partial charge in [-0.05, 0) is 25.1 Å². The van der Waals surface area contributed by atoms with Crippen molar-refractivity contribution in [2.24, 2.45) is 5.92 Å². The van der Waals surface area contributed by atoms with E-state index < -0.39 is 0 Å². The van der Waals surface area contributed by atoms with Gasteiger partial charge in [0.25, 0.3) is 0 Å². The molecule has 1 aliphatic heterocycles. The molecule has 1 saturated heterocycles. The van der Waals surface area contributed by atoms with E-state index in [1.807, 2.05) is 31.2 Å². The van der Waals surface area contributed by atoms with Crippen LogP contribution in [0.1, 0.15) is 12.0 Å². The lowest BCUT2D eigenvalue weighted by Gasteiger charge is -2.17. The van der Waals surface area contributed by atoms with Crippen LogP contribution >= 0.6 is 0 Å². The van der Waals surface area contributed by atoms with Crippen molar-refractivity contribution in [3.63, 3.8) is 0 Å². The van der Waals surface area contributed by atoms with Gasteiger partial charge in [-0.3, -0.25) is 9.59 Å². The summed E-state index contributed by atoms with van der Waals surface area (Å²) in [7, 11) is 0. The van der Waals surface area contributed by atoms with E-state index in [2.05, 4.69) is 20.6 Å². The van der Waals surface area contributed by atoms with Crippen molar-refractivity contribution in [3.05, 3.63) is 48.3 Å². The largest absolute Gasteiger partial charge is 0.354 e. The van der Waals surface area contributed by atoms with Crippen LogP contribution in [0.4, 0.5) is 11.6 Å². The van der Waals surface area contributed by atoms with Gasteiger partial charge in [-0.25, -0.2) is 9.97 Å². The van der Waals surface area contributed by atoms with E-state index in [9.17, 15) is 9.59 Å². The van der Waals surface area contributed by atoms with E-state index in [-0.39, 0.29) is 24.2 Å². The third-order valence-electron chi connectivity index (χ3n) is 4.11. The highest BCUT2D eigenvalue weighted by Crippen LogP contribution is 2.25. The summed E-state index contributed by atoms with van der Waals surface area (Å²) in [6, 6.07) is 9.50. The van der Waals surface area contributed by atoms with Crippen molar-refractivity contribution in [2.75, 3.05) is 29.9 Å². The second kappa shape index (κ2) is 7.74. The zero-order valence-electron chi connectivity index (χ0n) is 14.1. The number of benzene rings is 1. The third kappa shape index (κ3) is 4.32. The monoisotopic (exact) mass is 339 g/mol. The molecule has 25 heavy (non-hydrogen) atoms. The first kappa shape index (κ1) is 16.9. The molecular weight excluding hydrogens is 318 g/mol. The highest BCUT2D eigenvalue weighted by Gasteiger charge is 2.34. The first-order valence-electron chi connectivity index (χ1n) is 8.29. The molecule has 2 aromatic rings. The van der Waals surface area contributed by atoms with Crippen molar-refractivity contribution in [1.82, 2.24) is 15.3 Å². The zero-order chi connectivity index (χ0) is 17.6. The Morgan fingerprint density at radius 2 is 1.92 bits per heavy atom. The average molecular weight is 339 g/mol. The van der Waals surface area contributed by atoms with Gasteiger partial charge in [-0.2, -0.15) is 0 Å². The smallest absolute Gasteiger partial charge is 0.227 e. The number of rotatable bonds is 6. The molecule has 0 aliphatic carbocycles. The van der Waals surface area contributed by atoms with Crippen molar-refractivity contribution >= 4 is 23.5 Å². The Bertz CT molecular complexity index is 733. The third-order valence-corrected chi connectivity index (χ3v) is 4.11. The Kier molecular flexibility index (Phi) is 5.23. The summed E-state index contributed by atoms with van der Waals surface area (Å²) >= 11 is 0.